The van der Waals surface area contributed by atoms with Gasteiger partial charge in [0.25, 0.3) is 5.91 Å². The van der Waals surface area contributed by atoms with E-state index in [0.29, 0.717) is 24.3 Å². The van der Waals surface area contributed by atoms with Crippen molar-refractivity contribution in [3.05, 3.63) is 102 Å². The topological polar surface area (TPSA) is 77.3 Å². The van der Waals surface area contributed by atoms with Crippen LogP contribution < -0.4 is 0 Å². The van der Waals surface area contributed by atoms with Gasteiger partial charge in [-0.05, 0) is 48.7 Å². The third-order valence-electron chi connectivity index (χ3n) is 5.96. The Morgan fingerprint density at radius 1 is 0.971 bits per heavy atom. The molecule has 0 radical (unpaired) electrons. The lowest BCUT2D eigenvalue weighted by atomic mass is 9.99. The number of para-hydroxylation sites is 1. The number of carbonyl (C=O) groups excluding carboxylic acids is 2. The smallest absolute Gasteiger partial charge is 0.342 e. The Morgan fingerprint density at radius 3 is 2.50 bits per heavy atom. The fraction of sp³-hybridized carbons (Fsp3) is 0.185. The van der Waals surface area contributed by atoms with E-state index in [1.165, 1.54) is 5.56 Å². The largest absolute Gasteiger partial charge is 0.449 e. The van der Waals surface area contributed by atoms with Gasteiger partial charge in [-0.25, -0.2) is 9.48 Å². The molecule has 7 nitrogen and oxygen atoms in total. The number of nitrogens with zero attached hydrogens (tertiary/aromatic N) is 4. The highest BCUT2D eigenvalue weighted by molar-refractivity contribution is 5.97. The number of esters is 1. The first-order valence-electron chi connectivity index (χ1n) is 11.2. The third kappa shape index (κ3) is 4.32. The van der Waals surface area contributed by atoms with Gasteiger partial charge in [-0.1, -0.05) is 42.5 Å². The van der Waals surface area contributed by atoms with E-state index in [9.17, 15) is 9.59 Å². The van der Waals surface area contributed by atoms with Crippen molar-refractivity contribution in [3.8, 4) is 16.9 Å². The quantitative estimate of drug-likeness (QED) is 0.427. The summed E-state index contributed by atoms with van der Waals surface area (Å²) in [7, 11) is 0. The van der Waals surface area contributed by atoms with Gasteiger partial charge in [-0.3, -0.25) is 9.78 Å². The van der Waals surface area contributed by atoms with Crippen LogP contribution in [0.4, 0.5) is 0 Å². The number of carbonyl (C=O) groups is 2. The number of rotatable bonds is 5. The molecule has 1 amide bonds. The molecule has 4 aromatic rings. The molecule has 0 saturated heterocycles. The molecule has 1 atom stereocenters. The summed E-state index contributed by atoms with van der Waals surface area (Å²) in [6, 6.07) is 21.2. The summed E-state index contributed by atoms with van der Waals surface area (Å²) in [4.78, 5) is 32.2. The number of benzene rings is 2. The molecule has 0 spiro atoms. The zero-order valence-electron chi connectivity index (χ0n) is 18.8. The summed E-state index contributed by atoms with van der Waals surface area (Å²) >= 11 is 0. The molecule has 0 fully saturated rings. The maximum absolute atomic E-state index is 13.2. The van der Waals surface area contributed by atoms with Crippen molar-refractivity contribution in [1.29, 1.82) is 0 Å². The van der Waals surface area contributed by atoms with E-state index in [2.05, 4.69) is 16.1 Å². The minimum absolute atomic E-state index is 0.207. The van der Waals surface area contributed by atoms with Crippen LogP contribution in [0.5, 0.6) is 0 Å². The molecular formula is C27H24N4O3. The summed E-state index contributed by atoms with van der Waals surface area (Å²) in [5.74, 6) is -0.805. The van der Waals surface area contributed by atoms with Crippen LogP contribution in [0.3, 0.4) is 0 Å². The first-order valence-corrected chi connectivity index (χ1v) is 11.2. The van der Waals surface area contributed by atoms with E-state index < -0.39 is 12.1 Å². The van der Waals surface area contributed by atoms with E-state index in [1.54, 1.807) is 41.2 Å². The summed E-state index contributed by atoms with van der Waals surface area (Å²) in [6.45, 7) is 2.74. The first kappa shape index (κ1) is 21.6. The van der Waals surface area contributed by atoms with E-state index in [0.717, 1.165) is 17.7 Å². The number of hydrogen-bond acceptors (Lipinski definition) is 5. The molecule has 1 aliphatic rings. The van der Waals surface area contributed by atoms with Gasteiger partial charge < -0.3 is 9.64 Å². The maximum Gasteiger partial charge on any atom is 0.342 e. The molecule has 34 heavy (non-hydrogen) atoms. The highest BCUT2D eigenvalue weighted by atomic mass is 16.5. The van der Waals surface area contributed by atoms with Crippen LogP contribution >= 0.6 is 0 Å². The SMILES string of the molecule is C[C@@H](OC(=O)c1cn(-c2ccccc2)nc1-c1cccnc1)C(=O)N1CCc2ccccc2C1. The van der Waals surface area contributed by atoms with Crippen molar-refractivity contribution >= 4 is 11.9 Å². The van der Waals surface area contributed by atoms with Crippen molar-refractivity contribution in [2.24, 2.45) is 0 Å². The Kier molecular flexibility index (Phi) is 5.91. The van der Waals surface area contributed by atoms with Crippen LogP contribution in [0.25, 0.3) is 16.9 Å². The van der Waals surface area contributed by atoms with Gasteiger partial charge >= 0.3 is 5.97 Å². The summed E-state index contributed by atoms with van der Waals surface area (Å²) in [6.07, 6.45) is 4.81. The Morgan fingerprint density at radius 2 is 1.74 bits per heavy atom. The second-order valence-corrected chi connectivity index (χ2v) is 8.24. The minimum atomic E-state index is -0.917. The van der Waals surface area contributed by atoms with Crippen LogP contribution in [-0.2, 0) is 22.5 Å². The van der Waals surface area contributed by atoms with Gasteiger partial charge in [-0.2, -0.15) is 5.10 Å². The highest BCUT2D eigenvalue weighted by Gasteiger charge is 2.29. The standard InChI is InChI=1S/C27H24N4O3/c1-19(26(32)30-15-13-20-8-5-6-9-22(20)17-30)34-27(33)24-18-31(23-11-3-2-4-12-23)29-25(24)21-10-7-14-28-16-21/h2-12,14,16,18-19H,13,15,17H2,1H3/t19-/m1/s1. The summed E-state index contributed by atoms with van der Waals surface area (Å²) in [5, 5.41) is 4.62. The molecule has 170 valence electrons. The number of ether oxygens (including phenoxy) is 1. The predicted molar refractivity (Wildman–Crippen MR) is 127 cm³/mol. The molecule has 0 bridgehead atoms. The molecule has 0 aliphatic carbocycles. The first-order chi connectivity index (χ1) is 16.6. The van der Waals surface area contributed by atoms with Gasteiger partial charge in [0.2, 0.25) is 0 Å². The molecular weight excluding hydrogens is 428 g/mol. The molecule has 7 heteroatoms. The Balaban J connectivity index is 1.37. The number of fused-ring (bicyclic) bond motifs is 1. The van der Waals surface area contributed by atoms with E-state index in [1.807, 2.05) is 54.6 Å². The van der Waals surface area contributed by atoms with E-state index in [-0.39, 0.29) is 11.5 Å². The Labute approximate surface area is 197 Å². The fourth-order valence-electron chi connectivity index (χ4n) is 4.17. The van der Waals surface area contributed by atoms with Gasteiger partial charge in [-0.15, -0.1) is 0 Å². The maximum atomic E-state index is 13.2. The lowest BCUT2D eigenvalue weighted by molar-refractivity contribution is -0.140. The van der Waals surface area contributed by atoms with Crippen LogP contribution in [0, 0.1) is 0 Å². The van der Waals surface area contributed by atoms with Gasteiger partial charge in [0, 0.05) is 37.2 Å². The van der Waals surface area contributed by atoms with Crippen LogP contribution in [0.2, 0.25) is 0 Å². The molecule has 3 heterocycles. The second-order valence-electron chi connectivity index (χ2n) is 8.24. The average Bonchev–Trinajstić information content (AvgIpc) is 3.35. The van der Waals surface area contributed by atoms with Crippen molar-refractivity contribution in [1.82, 2.24) is 19.7 Å². The molecule has 0 unspecified atom stereocenters. The van der Waals surface area contributed by atoms with Crippen molar-refractivity contribution in [3.63, 3.8) is 0 Å². The van der Waals surface area contributed by atoms with E-state index >= 15 is 0 Å². The Hall–Kier alpha value is -4.26. The number of pyridine rings is 1. The Bertz CT molecular complexity index is 1320. The molecule has 0 saturated carbocycles. The highest BCUT2D eigenvalue weighted by Crippen LogP contribution is 2.25. The lowest BCUT2D eigenvalue weighted by Crippen LogP contribution is -2.42. The monoisotopic (exact) mass is 452 g/mol. The summed E-state index contributed by atoms with van der Waals surface area (Å²) in [5.41, 5.74) is 4.61. The van der Waals surface area contributed by atoms with Crippen molar-refractivity contribution in [2.75, 3.05) is 6.54 Å². The zero-order chi connectivity index (χ0) is 23.5. The van der Waals surface area contributed by atoms with Gasteiger partial charge in [0.1, 0.15) is 11.3 Å². The lowest BCUT2D eigenvalue weighted by Gasteiger charge is -2.30. The fourth-order valence-corrected chi connectivity index (χ4v) is 4.17. The van der Waals surface area contributed by atoms with Crippen LogP contribution in [0.1, 0.15) is 28.4 Å². The van der Waals surface area contributed by atoms with Crippen molar-refractivity contribution < 1.29 is 14.3 Å². The van der Waals surface area contributed by atoms with Gasteiger partial charge in [0.15, 0.2) is 6.10 Å². The second kappa shape index (κ2) is 9.31. The van der Waals surface area contributed by atoms with Crippen LogP contribution in [-0.4, -0.2) is 44.2 Å². The van der Waals surface area contributed by atoms with Crippen LogP contribution in [0.15, 0.2) is 85.3 Å². The van der Waals surface area contributed by atoms with E-state index in [4.69, 9.17) is 4.74 Å². The number of amides is 1. The van der Waals surface area contributed by atoms with Gasteiger partial charge in [0.05, 0.1) is 5.69 Å². The average molecular weight is 453 g/mol. The minimum Gasteiger partial charge on any atom is -0.449 e. The molecule has 2 aromatic carbocycles. The third-order valence-corrected chi connectivity index (χ3v) is 5.96. The molecule has 5 rings (SSSR count). The van der Waals surface area contributed by atoms with Crippen molar-refractivity contribution in [2.45, 2.75) is 26.0 Å². The summed E-state index contributed by atoms with van der Waals surface area (Å²) < 4.78 is 7.28. The number of hydrogen-bond donors (Lipinski definition) is 0. The molecule has 1 aliphatic heterocycles. The number of aromatic nitrogens is 3. The normalized spacial score (nSPS) is 13.7. The molecule has 2 aromatic heterocycles. The zero-order valence-corrected chi connectivity index (χ0v) is 18.8. The molecule has 0 N–H and O–H groups in total. The predicted octanol–water partition coefficient (Wildman–Crippen LogP) is 4.06.